The summed E-state index contributed by atoms with van der Waals surface area (Å²) in [5.41, 5.74) is 2.09. The van der Waals surface area contributed by atoms with Crippen molar-refractivity contribution in [3.05, 3.63) is 42.1 Å². The quantitative estimate of drug-likeness (QED) is 0.900. The number of nitrogens with zero attached hydrogens (tertiary/aromatic N) is 1. The number of pyridine rings is 1. The summed E-state index contributed by atoms with van der Waals surface area (Å²) in [7, 11) is 0. The van der Waals surface area contributed by atoms with Crippen LogP contribution in [0, 0.1) is 29.6 Å². The fourth-order valence-electron chi connectivity index (χ4n) is 5.41. The van der Waals surface area contributed by atoms with Crippen LogP contribution in [0.4, 0.5) is 0 Å². The predicted octanol–water partition coefficient (Wildman–Crippen LogP) is 3.56. The van der Waals surface area contributed by atoms with Crippen molar-refractivity contribution in [2.45, 2.75) is 25.4 Å². The standard InChI is InChI=1S/C18H19NO/c20-18(17-15-10-6-7-11(9-10)16(15)17)13-3-1-5-14-12(13)4-2-8-19-14/h1-5,8,10-11,15-18,20H,6-7,9H2. The van der Waals surface area contributed by atoms with E-state index in [4.69, 9.17) is 0 Å². The third kappa shape index (κ3) is 1.35. The number of rotatable bonds is 2. The molecule has 2 bridgehead atoms. The minimum absolute atomic E-state index is 0.290. The van der Waals surface area contributed by atoms with Crippen molar-refractivity contribution in [2.24, 2.45) is 29.6 Å². The lowest BCUT2D eigenvalue weighted by molar-refractivity contribution is 0.131. The third-order valence-corrected chi connectivity index (χ3v) is 6.16. The van der Waals surface area contributed by atoms with Gasteiger partial charge in [0.05, 0.1) is 11.6 Å². The van der Waals surface area contributed by atoms with E-state index < -0.39 is 0 Å². The van der Waals surface area contributed by atoms with Gasteiger partial charge < -0.3 is 5.11 Å². The molecule has 2 aromatic rings. The highest BCUT2D eigenvalue weighted by molar-refractivity contribution is 5.82. The second kappa shape index (κ2) is 3.82. The van der Waals surface area contributed by atoms with Crippen LogP contribution in [-0.4, -0.2) is 10.1 Å². The Kier molecular flexibility index (Phi) is 2.15. The number of hydrogen-bond acceptors (Lipinski definition) is 2. The molecule has 5 rings (SSSR count). The second-order valence-electron chi connectivity index (χ2n) is 6.93. The van der Waals surface area contributed by atoms with Gasteiger partial charge in [0.25, 0.3) is 0 Å². The number of aliphatic hydroxyl groups is 1. The largest absolute Gasteiger partial charge is 0.388 e. The lowest BCUT2D eigenvalue weighted by Crippen LogP contribution is -2.09. The molecule has 1 aromatic heterocycles. The van der Waals surface area contributed by atoms with E-state index in [1.54, 1.807) is 0 Å². The van der Waals surface area contributed by atoms with Crippen molar-refractivity contribution < 1.29 is 5.11 Å². The van der Waals surface area contributed by atoms with Gasteiger partial charge in [-0.25, -0.2) is 0 Å². The van der Waals surface area contributed by atoms with Crippen molar-refractivity contribution in [3.8, 4) is 0 Å². The molecule has 1 N–H and O–H groups in total. The van der Waals surface area contributed by atoms with Crippen LogP contribution < -0.4 is 0 Å². The minimum atomic E-state index is -0.290. The molecule has 2 nitrogen and oxygen atoms in total. The molecule has 5 unspecified atom stereocenters. The van der Waals surface area contributed by atoms with E-state index in [1.165, 1.54) is 19.3 Å². The van der Waals surface area contributed by atoms with E-state index >= 15 is 0 Å². The van der Waals surface area contributed by atoms with Crippen LogP contribution in [0.3, 0.4) is 0 Å². The number of fused-ring (bicyclic) bond motifs is 6. The van der Waals surface area contributed by atoms with E-state index in [1.807, 2.05) is 24.4 Å². The number of aromatic nitrogens is 1. The topological polar surface area (TPSA) is 33.1 Å². The Morgan fingerprint density at radius 3 is 2.65 bits per heavy atom. The van der Waals surface area contributed by atoms with E-state index in [0.717, 1.165) is 40.1 Å². The van der Waals surface area contributed by atoms with E-state index in [2.05, 4.69) is 17.1 Å². The van der Waals surface area contributed by atoms with Gasteiger partial charge >= 0.3 is 0 Å². The van der Waals surface area contributed by atoms with E-state index in [-0.39, 0.29) is 6.10 Å². The Hall–Kier alpha value is -1.41. The van der Waals surface area contributed by atoms with Crippen molar-refractivity contribution in [1.82, 2.24) is 4.98 Å². The number of aliphatic hydroxyl groups excluding tert-OH is 1. The molecular formula is C18H19NO. The number of benzene rings is 1. The second-order valence-corrected chi connectivity index (χ2v) is 6.93. The summed E-state index contributed by atoms with van der Waals surface area (Å²) < 4.78 is 0. The fraction of sp³-hybridized carbons (Fsp3) is 0.500. The van der Waals surface area contributed by atoms with Crippen LogP contribution in [0.2, 0.25) is 0 Å². The fourth-order valence-corrected chi connectivity index (χ4v) is 5.41. The summed E-state index contributed by atoms with van der Waals surface area (Å²) in [5, 5.41) is 12.0. The van der Waals surface area contributed by atoms with Gasteiger partial charge in [0.15, 0.2) is 0 Å². The highest BCUT2D eigenvalue weighted by Gasteiger charge is 2.66. The van der Waals surface area contributed by atoms with Crippen LogP contribution in [0.25, 0.3) is 10.9 Å². The van der Waals surface area contributed by atoms with Gasteiger partial charge in [0.1, 0.15) is 0 Å². The molecule has 3 fully saturated rings. The zero-order valence-electron chi connectivity index (χ0n) is 11.4. The average Bonchev–Trinajstić information content (AvgIpc) is 2.93. The monoisotopic (exact) mass is 265 g/mol. The minimum Gasteiger partial charge on any atom is -0.388 e. The molecule has 1 aromatic carbocycles. The summed E-state index contributed by atoms with van der Waals surface area (Å²) >= 11 is 0. The third-order valence-electron chi connectivity index (χ3n) is 6.16. The summed E-state index contributed by atoms with van der Waals surface area (Å²) in [6.45, 7) is 0. The van der Waals surface area contributed by atoms with Crippen LogP contribution in [-0.2, 0) is 0 Å². The molecular weight excluding hydrogens is 246 g/mol. The van der Waals surface area contributed by atoms with Crippen molar-refractivity contribution in [1.29, 1.82) is 0 Å². The molecule has 0 saturated heterocycles. The van der Waals surface area contributed by atoms with Crippen molar-refractivity contribution in [3.63, 3.8) is 0 Å². The van der Waals surface area contributed by atoms with E-state index in [0.29, 0.717) is 5.92 Å². The predicted molar refractivity (Wildman–Crippen MR) is 78.0 cm³/mol. The first-order chi connectivity index (χ1) is 9.84. The van der Waals surface area contributed by atoms with Gasteiger partial charge in [0, 0.05) is 11.6 Å². The Morgan fingerprint density at radius 2 is 1.85 bits per heavy atom. The average molecular weight is 265 g/mol. The van der Waals surface area contributed by atoms with Gasteiger partial charge in [-0.15, -0.1) is 0 Å². The lowest BCUT2D eigenvalue weighted by Gasteiger charge is -2.17. The van der Waals surface area contributed by atoms with Gasteiger partial charge in [-0.3, -0.25) is 4.98 Å². The summed E-state index contributed by atoms with van der Waals surface area (Å²) in [4.78, 5) is 4.41. The maximum atomic E-state index is 10.9. The first kappa shape index (κ1) is 11.3. The Bertz CT molecular complexity index is 661. The molecule has 102 valence electrons. The van der Waals surface area contributed by atoms with Crippen LogP contribution in [0.15, 0.2) is 36.5 Å². The first-order valence-corrected chi connectivity index (χ1v) is 7.86. The molecule has 1 heterocycles. The summed E-state index contributed by atoms with van der Waals surface area (Å²) in [6, 6.07) is 10.2. The normalized spacial score (nSPS) is 39.0. The zero-order valence-corrected chi connectivity index (χ0v) is 11.4. The SMILES string of the molecule is OC(c1cccc2ncccc12)C1C2C3CCC(C3)C21. The molecule has 3 saturated carbocycles. The highest BCUT2D eigenvalue weighted by Crippen LogP contribution is 2.72. The van der Waals surface area contributed by atoms with E-state index in [9.17, 15) is 5.11 Å². The molecule has 5 atom stereocenters. The summed E-state index contributed by atoms with van der Waals surface area (Å²) in [5.74, 6) is 3.98. The molecule has 2 heteroatoms. The summed E-state index contributed by atoms with van der Waals surface area (Å²) in [6.07, 6.45) is 5.79. The van der Waals surface area contributed by atoms with Crippen molar-refractivity contribution >= 4 is 10.9 Å². The first-order valence-electron chi connectivity index (χ1n) is 7.86. The van der Waals surface area contributed by atoms with Gasteiger partial charge in [-0.2, -0.15) is 0 Å². The smallest absolute Gasteiger partial charge is 0.0830 e. The molecule has 3 aliphatic rings. The Labute approximate surface area is 118 Å². The zero-order chi connectivity index (χ0) is 13.3. The van der Waals surface area contributed by atoms with Gasteiger partial charge in [-0.1, -0.05) is 18.2 Å². The molecule has 0 amide bonds. The maximum Gasteiger partial charge on any atom is 0.0830 e. The van der Waals surface area contributed by atoms with Crippen LogP contribution >= 0.6 is 0 Å². The number of hydrogen-bond donors (Lipinski definition) is 1. The Balaban J connectivity index is 1.53. The molecule has 20 heavy (non-hydrogen) atoms. The van der Waals surface area contributed by atoms with Crippen LogP contribution in [0.5, 0.6) is 0 Å². The molecule has 0 radical (unpaired) electrons. The van der Waals surface area contributed by atoms with Crippen LogP contribution in [0.1, 0.15) is 30.9 Å². The van der Waals surface area contributed by atoms with Gasteiger partial charge in [-0.05, 0) is 66.5 Å². The molecule has 0 spiro atoms. The highest BCUT2D eigenvalue weighted by atomic mass is 16.3. The lowest BCUT2D eigenvalue weighted by atomic mass is 9.93. The van der Waals surface area contributed by atoms with Crippen molar-refractivity contribution in [2.75, 3.05) is 0 Å². The van der Waals surface area contributed by atoms with Gasteiger partial charge in [0.2, 0.25) is 0 Å². The maximum absolute atomic E-state index is 10.9. The molecule has 0 aliphatic heterocycles. The Morgan fingerprint density at radius 1 is 1.05 bits per heavy atom. The molecule has 3 aliphatic carbocycles.